The van der Waals surface area contributed by atoms with E-state index in [-0.39, 0.29) is 11.8 Å². The highest BCUT2D eigenvalue weighted by Gasteiger charge is 2.36. The standard InChI is InChI=1S/C17H23N3O2/c1-13(21)20-15-7-3-2-6-14(15)12-16(20)17(22)18-8-11-19-9-4-5-10-19/h2-3,6-7,16H,4-5,8-12H2,1H3,(H,18,22). The third kappa shape index (κ3) is 2.99. The Morgan fingerprint density at radius 3 is 2.68 bits per heavy atom. The summed E-state index contributed by atoms with van der Waals surface area (Å²) in [6, 6.07) is 7.35. The molecule has 1 saturated heterocycles. The predicted molar refractivity (Wildman–Crippen MR) is 85.8 cm³/mol. The van der Waals surface area contributed by atoms with Crippen LogP contribution in [0.25, 0.3) is 0 Å². The number of carbonyl (C=O) groups excluding carboxylic acids is 2. The topological polar surface area (TPSA) is 52.7 Å². The van der Waals surface area contributed by atoms with Crippen molar-refractivity contribution in [1.29, 1.82) is 0 Å². The molecule has 5 heteroatoms. The van der Waals surface area contributed by atoms with E-state index in [0.29, 0.717) is 13.0 Å². The van der Waals surface area contributed by atoms with Crippen LogP contribution in [0.1, 0.15) is 25.3 Å². The van der Waals surface area contributed by atoms with Crippen LogP contribution in [-0.4, -0.2) is 48.9 Å². The first-order valence-corrected chi connectivity index (χ1v) is 8.04. The molecule has 22 heavy (non-hydrogen) atoms. The number of fused-ring (bicyclic) bond motifs is 1. The van der Waals surface area contributed by atoms with Crippen molar-refractivity contribution in [2.45, 2.75) is 32.2 Å². The van der Waals surface area contributed by atoms with Gasteiger partial charge in [0.05, 0.1) is 0 Å². The highest BCUT2D eigenvalue weighted by atomic mass is 16.2. The van der Waals surface area contributed by atoms with Gasteiger partial charge < -0.3 is 10.2 Å². The molecule has 2 aliphatic rings. The molecule has 2 heterocycles. The van der Waals surface area contributed by atoms with Gasteiger partial charge in [0.1, 0.15) is 6.04 Å². The van der Waals surface area contributed by atoms with Crippen LogP contribution in [0.4, 0.5) is 5.69 Å². The Morgan fingerprint density at radius 1 is 1.23 bits per heavy atom. The Kier molecular flexibility index (Phi) is 4.43. The van der Waals surface area contributed by atoms with E-state index in [1.807, 2.05) is 24.3 Å². The lowest BCUT2D eigenvalue weighted by Crippen LogP contribution is -2.48. The third-order valence-electron chi connectivity index (χ3n) is 4.54. The van der Waals surface area contributed by atoms with Crippen LogP contribution in [0, 0.1) is 0 Å². The molecule has 1 aromatic rings. The van der Waals surface area contributed by atoms with Gasteiger partial charge in [-0.25, -0.2) is 0 Å². The molecule has 0 bridgehead atoms. The highest BCUT2D eigenvalue weighted by molar-refractivity contribution is 6.02. The molecule has 2 amide bonds. The Bertz CT molecular complexity index is 567. The van der Waals surface area contributed by atoms with Crippen molar-refractivity contribution < 1.29 is 9.59 Å². The fraction of sp³-hybridized carbons (Fsp3) is 0.529. The molecular weight excluding hydrogens is 278 g/mol. The van der Waals surface area contributed by atoms with Crippen LogP contribution in [0.3, 0.4) is 0 Å². The van der Waals surface area contributed by atoms with Gasteiger partial charge in [0.2, 0.25) is 11.8 Å². The van der Waals surface area contributed by atoms with Crippen LogP contribution in [0.2, 0.25) is 0 Å². The fourth-order valence-corrected chi connectivity index (χ4v) is 3.45. The number of anilines is 1. The van der Waals surface area contributed by atoms with Crippen LogP contribution in [0.15, 0.2) is 24.3 Å². The Morgan fingerprint density at radius 2 is 1.95 bits per heavy atom. The zero-order valence-electron chi connectivity index (χ0n) is 13.0. The summed E-state index contributed by atoms with van der Waals surface area (Å²) in [7, 11) is 0. The van der Waals surface area contributed by atoms with Gasteiger partial charge >= 0.3 is 0 Å². The van der Waals surface area contributed by atoms with Crippen LogP contribution >= 0.6 is 0 Å². The largest absolute Gasteiger partial charge is 0.353 e. The van der Waals surface area contributed by atoms with Gasteiger partial charge in [0.15, 0.2) is 0 Å². The summed E-state index contributed by atoms with van der Waals surface area (Å²) < 4.78 is 0. The summed E-state index contributed by atoms with van der Waals surface area (Å²) in [5.74, 6) is -0.129. The summed E-state index contributed by atoms with van der Waals surface area (Å²) in [6.45, 7) is 5.32. The number of amides is 2. The van der Waals surface area contributed by atoms with E-state index < -0.39 is 6.04 Å². The number of nitrogens with one attached hydrogen (secondary N) is 1. The van der Waals surface area contributed by atoms with Crippen LogP contribution in [0.5, 0.6) is 0 Å². The van der Waals surface area contributed by atoms with Crippen molar-refractivity contribution in [3.8, 4) is 0 Å². The first kappa shape index (κ1) is 15.0. The minimum atomic E-state index is -0.409. The third-order valence-corrected chi connectivity index (χ3v) is 4.54. The van der Waals surface area contributed by atoms with Crippen molar-refractivity contribution >= 4 is 17.5 Å². The van der Waals surface area contributed by atoms with Crippen molar-refractivity contribution in [1.82, 2.24) is 10.2 Å². The van der Waals surface area contributed by atoms with E-state index in [9.17, 15) is 9.59 Å². The summed E-state index contributed by atoms with van der Waals surface area (Å²) in [5, 5.41) is 3.00. The van der Waals surface area contributed by atoms with Crippen molar-refractivity contribution in [2.24, 2.45) is 0 Å². The number of likely N-dealkylation sites (tertiary alicyclic amines) is 1. The van der Waals surface area contributed by atoms with Crippen molar-refractivity contribution in [3.63, 3.8) is 0 Å². The first-order chi connectivity index (χ1) is 10.7. The monoisotopic (exact) mass is 301 g/mol. The lowest BCUT2D eigenvalue weighted by Gasteiger charge is -2.24. The van der Waals surface area contributed by atoms with Gasteiger partial charge in [-0.1, -0.05) is 18.2 Å². The Balaban J connectivity index is 1.61. The second kappa shape index (κ2) is 6.48. The van der Waals surface area contributed by atoms with Gasteiger partial charge in [-0.15, -0.1) is 0 Å². The maximum Gasteiger partial charge on any atom is 0.243 e. The number of hydrogen-bond acceptors (Lipinski definition) is 3. The second-order valence-electron chi connectivity index (χ2n) is 6.08. The number of benzene rings is 1. The summed E-state index contributed by atoms with van der Waals surface area (Å²) in [4.78, 5) is 28.4. The van der Waals surface area contributed by atoms with Crippen molar-refractivity contribution in [3.05, 3.63) is 29.8 Å². The van der Waals surface area contributed by atoms with Crippen LogP contribution in [-0.2, 0) is 16.0 Å². The quantitative estimate of drug-likeness (QED) is 0.908. The maximum atomic E-state index is 12.5. The smallest absolute Gasteiger partial charge is 0.243 e. The number of carbonyl (C=O) groups is 2. The summed E-state index contributed by atoms with van der Waals surface area (Å²) in [5.41, 5.74) is 1.94. The molecule has 2 aliphatic heterocycles. The molecule has 5 nitrogen and oxygen atoms in total. The molecule has 118 valence electrons. The van der Waals surface area contributed by atoms with E-state index >= 15 is 0 Å². The molecule has 1 aromatic carbocycles. The van der Waals surface area contributed by atoms with E-state index in [1.54, 1.807) is 4.90 Å². The summed E-state index contributed by atoms with van der Waals surface area (Å²) >= 11 is 0. The lowest BCUT2D eigenvalue weighted by molar-refractivity contribution is -0.125. The molecule has 0 aromatic heterocycles. The SMILES string of the molecule is CC(=O)N1c2ccccc2CC1C(=O)NCCN1CCCC1. The maximum absolute atomic E-state index is 12.5. The minimum Gasteiger partial charge on any atom is -0.353 e. The molecule has 3 rings (SSSR count). The van der Waals surface area contributed by atoms with Crippen LogP contribution < -0.4 is 10.2 Å². The zero-order valence-corrected chi connectivity index (χ0v) is 13.0. The zero-order chi connectivity index (χ0) is 15.5. The van der Waals surface area contributed by atoms with E-state index in [4.69, 9.17) is 0 Å². The molecule has 1 unspecified atom stereocenters. The van der Waals surface area contributed by atoms with E-state index in [0.717, 1.165) is 30.9 Å². The van der Waals surface area contributed by atoms with Gasteiger partial charge in [-0.2, -0.15) is 0 Å². The molecule has 0 radical (unpaired) electrons. The second-order valence-corrected chi connectivity index (χ2v) is 6.08. The fourth-order valence-electron chi connectivity index (χ4n) is 3.45. The number of rotatable bonds is 4. The lowest BCUT2D eigenvalue weighted by atomic mass is 10.1. The molecule has 1 atom stereocenters. The molecule has 0 aliphatic carbocycles. The predicted octanol–water partition coefficient (Wildman–Crippen LogP) is 1.18. The van der Waals surface area contributed by atoms with Gasteiger partial charge in [0, 0.05) is 32.1 Å². The highest BCUT2D eigenvalue weighted by Crippen LogP contribution is 2.32. The molecule has 0 spiro atoms. The molecule has 1 N–H and O–H groups in total. The van der Waals surface area contributed by atoms with Gasteiger partial charge in [0.25, 0.3) is 0 Å². The molecular formula is C17H23N3O2. The Hall–Kier alpha value is -1.88. The molecule has 0 saturated carbocycles. The normalized spacial score (nSPS) is 21.0. The Labute approximate surface area is 131 Å². The van der Waals surface area contributed by atoms with Crippen molar-refractivity contribution in [2.75, 3.05) is 31.1 Å². The average Bonchev–Trinajstić information content (AvgIpc) is 3.13. The van der Waals surface area contributed by atoms with Gasteiger partial charge in [-0.05, 0) is 37.6 Å². The first-order valence-electron chi connectivity index (χ1n) is 8.04. The number of nitrogens with zero attached hydrogens (tertiary/aromatic N) is 2. The van der Waals surface area contributed by atoms with Gasteiger partial charge in [-0.3, -0.25) is 14.5 Å². The number of hydrogen-bond donors (Lipinski definition) is 1. The number of para-hydroxylation sites is 1. The minimum absolute atomic E-state index is 0.0504. The van der Waals surface area contributed by atoms with E-state index in [2.05, 4.69) is 10.2 Å². The molecule has 1 fully saturated rings. The van der Waals surface area contributed by atoms with E-state index in [1.165, 1.54) is 19.8 Å². The average molecular weight is 301 g/mol. The summed E-state index contributed by atoms with van der Waals surface area (Å²) in [6.07, 6.45) is 3.11.